The molecule has 0 heterocycles. The van der Waals surface area contributed by atoms with Gasteiger partial charge in [0.1, 0.15) is 12.4 Å². The number of fused-ring (bicyclic) bond motifs is 1. The van der Waals surface area contributed by atoms with Gasteiger partial charge in [-0.15, -0.1) is 0 Å². The molecule has 0 bridgehead atoms. The van der Waals surface area contributed by atoms with Crippen molar-refractivity contribution in [1.29, 1.82) is 0 Å². The molecule has 2 aliphatic rings. The van der Waals surface area contributed by atoms with Crippen molar-refractivity contribution < 1.29 is 9.16 Å². The Morgan fingerprint density at radius 3 is 2.59 bits per heavy atom. The molecule has 0 spiro atoms. The fourth-order valence-electron chi connectivity index (χ4n) is 4.55. The summed E-state index contributed by atoms with van der Waals surface area (Å²) in [6.45, 7) is 10.2. The summed E-state index contributed by atoms with van der Waals surface area (Å²) >= 11 is 0. The van der Waals surface area contributed by atoms with Crippen molar-refractivity contribution in [3.63, 3.8) is 0 Å². The standard InChI is InChI=1S/C14H26O2Si/c1-8-6-11-9(2)10(3)14(11,4)13(8)12(16-17)7-15-5/h8-11H,6-7H2,1-5,17H3/b13-12+. The molecule has 5 atom stereocenters. The van der Waals surface area contributed by atoms with Gasteiger partial charge in [0, 0.05) is 7.11 Å². The molecule has 2 fully saturated rings. The third kappa shape index (κ3) is 1.62. The van der Waals surface area contributed by atoms with E-state index < -0.39 is 0 Å². The maximum absolute atomic E-state index is 5.74. The molecular weight excluding hydrogens is 228 g/mol. The van der Waals surface area contributed by atoms with E-state index in [0.717, 1.165) is 34.0 Å². The van der Waals surface area contributed by atoms with Gasteiger partial charge in [-0.3, -0.25) is 0 Å². The second-order valence-corrected chi connectivity index (χ2v) is 6.56. The van der Waals surface area contributed by atoms with Gasteiger partial charge in [-0.1, -0.05) is 27.7 Å². The summed E-state index contributed by atoms with van der Waals surface area (Å²) in [5.74, 6) is 4.28. The zero-order valence-electron chi connectivity index (χ0n) is 12.0. The summed E-state index contributed by atoms with van der Waals surface area (Å²) in [6, 6.07) is 0. The van der Waals surface area contributed by atoms with Crippen LogP contribution in [-0.2, 0) is 9.16 Å². The molecule has 0 aromatic carbocycles. The summed E-state index contributed by atoms with van der Waals surface area (Å²) in [5.41, 5.74) is 1.93. The molecule has 2 rings (SSSR count). The van der Waals surface area contributed by atoms with E-state index in [1.807, 2.05) is 0 Å². The summed E-state index contributed by atoms with van der Waals surface area (Å²) in [7, 11) is 2.52. The Bertz CT molecular complexity index is 339. The van der Waals surface area contributed by atoms with Crippen LogP contribution in [0.1, 0.15) is 34.1 Å². The first-order valence-corrected chi connectivity index (χ1v) is 7.56. The largest absolute Gasteiger partial charge is 0.554 e. The minimum absolute atomic E-state index is 0.372. The Morgan fingerprint density at radius 2 is 2.06 bits per heavy atom. The van der Waals surface area contributed by atoms with Gasteiger partial charge in [-0.2, -0.15) is 0 Å². The SMILES string of the molecule is COC/C(O[SiH3])=C1/C(C)CC2C(C)C(C)C12C. The van der Waals surface area contributed by atoms with Crippen LogP contribution in [0.25, 0.3) is 0 Å². The van der Waals surface area contributed by atoms with Crippen LogP contribution in [0.15, 0.2) is 11.3 Å². The van der Waals surface area contributed by atoms with Crippen molar-refractivity contribution in [2.75, 3.05) is 13.7 Å². The smallest absolute Gasteiger partial charge is 0.203 e. The fraction of sp³-hybridized carbons (Fsp3) is 0.857. The zero-order valence-corrected chi connectivity index (χ0v) is 14.0. The lowest BCUT2D eigenvalue weighted by Crippen LogP contribution is -2.50. The fourth-order valence-corrected chi connectivity index (χ4v) is 4.88. The number of rotatable bonds is 3. The van der Waals surface area contributed by atoms with Crippen molar-refractivity contribution in [3.05, 3.63) is 11.3 Å². The van der Waals surface area contributed by atoms with Crippen LogP contribution in [-0.4, -0.2) is 24.2 Å². The minimum Gasteiger partial charge on any atom is -0.554 e. The summed E-state index contributed by atoms with van der Waals surface area (Å²) < 4.78 is 11.0. The maximum Gasteiger partial charge on any atom is 0.203 e. The molecule has 0 aromatic rings. The molecule has 0 aliphatic heterocycles. The molecule has 2 saturated carbocycles. The normalized spacial score (nSPS) is 47.6. The second-order valence-electron chi connectivity index (χ2n) is 6.15. The molecule has 2 nitrogen and oxygen atoms in total. The van der Waals surface area contributed by atoms with Gasteiger partial charge in [0.05, 0.1) is 0 Å². The van der Waals surface area contributed by atoms with Crippen molar-refractivity contribution >= 4 is 10.5 Å². The quantitative estimate of drug-likeness (QED) is 0.567. The Morgan fingerprint density at radius 1 is 1.41 bits per heavy atom. The Hall–Kier alpha value is -0.283. The third-order valence-corrected chi connectivity index (χ3v) is 6.14. The number of methoxy groups -OCH3 is 1. The molecule has 0 saturated heterocycles. The van der Waals surface area contributed by atoms with E-state index in [0.29, 0.717) is 17.9 Å². The van der Waals surface area contributed by atoms with E-state index in [4.69, 9.17) is 9.16 Å². The van der Waals surface area contributed by atoms with Gasteiger partial charge in [0.25, 0.3) is 0 Å². The van der Waals surface area contributed by atoms with Crippen LogP contribution in [0.3, 0.4) is 0 Å². The minimum atomic E-state index is 0.372. The van der Waals surface area contributed by atoms with Gasteiger partial charge in [-0.05, 0) is 41.1 Å². The van der Waals surface area contributed by atoms with E-state index in [1.54, 1.807) is 12.7 Å². The van der Waals surface area contributed by atoms with Crippen molar-refractivity contribution in [2.24, 2.45) is 29.1 Å². The molecule has 5 unspecified atom stereocenters. The van der Waals surface area contributed by atoms with Crippen molar-refractivity contribution in [1.82, 2.24) is 0 Å². The van der Waals surface area contributed by atoms with Gasteiger partial charge < -0.3 is 9.16 Å². The van der Waals surface area contributed by atoms with Gasteiger partial charge in [0.2, 0.25) is 10.5 Å². The number of allylic oxidation sites excluding steroid dienone is 1. The van der Waals surface area contributed by atoms with Gasteiger partial charge >= 0.3 is 0 Å². The number of ether oxygens (including phenoxy) is 1. The monoisotopic (exact) mass is 254 g/mol. The average molecular weight is 254 g/mol. The summed E-state index contributed by atoms with van der Waals surface area (Å²) in [6.07, 6.45) is 1.33. The van der Waals surface area contributed by atoms with E-state index in [9.17, 15) is 0 Å². The molecule has 0 N–H and O–H groups in total. The van der Waals surface area contributed by atoms with Crippen LogP contribution < -0.4 is 0 Å². The van der Waals surface area contributed by atoms with E-state index in [2.05, 4.69) is 27.7 Å². The van der Waals surface area contributed by atoms with Crippen LogP contribution in [0.4, 0.5) is 0 Å². The molecule has 0 aromatic heterocycles. The highest BCUT2D eigenvalue weighted by Gasteiger charge is 2.62. The zero-order chi connectivity index (χ0) is 12.8. The van der Waals surface area contributed by atoms with E-state index >= 15 is 0 Å². The van der Waals surface area contributed by atoms with Gasteiger partial charge in [0.15, 0.2) is 0 Å². The molecule has 0 amide bonds. The lowest BCUT2D eigenvalue weighted by atomic mass is 9.49. The Balaban J connectivity index is 2.39. The predicted molar refractivity (Wildman–Crippen MR) is 73.6 cm³/mol. The summed E-state index contributed by atoms with van der Waals surface area (Å²) in [5, 5.41) is 0. The highest BCUT2D eigenvalue weighted by Crippen LogP contribution is 2.68. The second kappa shape index (κ2) is 4.43. The van der Waals surface area contributed by atoms with E-state index in [-0.39, 0.29) is 0 Å². The molecule has 2 aliphatic carbocycles. The van der Waals surface area contributed by atoms with E-state index in [1.165, 1.54) is 6.42 Å². The van der Waals surface area contributed by atoms with Crippen molar-refractivity contribution in [2.45, 2.75) is 34.1 Å². The maximum atomic E-state index is 5.74. The van der Waals surface area contributed by atoms with Gasteiger partial charge in [-0.25, -0.2) is 0 Å². The highest BCUT2D eigenvalue weighted by molar-refractivity contribution is 5.98. The molecule has 3 heteroatoms. The third-order valence-electron chi connectivity index (χ3n) is 5.64. The number of hydrogen-bond acceptors (Lipinski definition) is 2. The van der Waals surface area contributed by atoms with Crippen molar-refractivity contribution in [3.8, 4) is 0 Å². The topological polar surface area (TPSA) is 18.5 Å². The van der Waals surface area contributed by atoms with Crippen LogP contribution >= 0.6 is 0 Å². The first-order chi connectivity index (χ1) is 7.98. The number of hydrogen-bond donors (Lipinski definition) is 0. The molecular formula is C14H26O2Si. The van der Waals surface area contributed by atoms with Crippen LogP contribution in [0.2, 0.25) is 0 Å². The average Bonchev–Trinajstić information content (AvgIpc) is 2.56. The first kappa shape index (κ1) is 13.2. The predicted octanol–water partition coefficient (Wildman–Crippen LogP) is 2.13. The molecule has 98 valence electrons. The van der Waals surface area contributed by atoms with Crippen LogP contribution in [0, 0.1) is 29.1 Å². The Labute approximate surface area is 108 Å². The lowest BCUT2D eigenvalue weighted by molar-refractivity contribution is -0.0423. The molecule has 17 heavy (non-hydrogen) atoms. The lowest BCUT2D eigenvalue weighted by Gasteiger charge is -2.55. The Kier molecular flexibility index (Phi) is 3.43. The van der Waals surface area contributed by atoms with Crippen LogP contribution in [0.5, 0.6) is 0 Å². The first-order valence-electron chi connectivity index (χ1n) is 6.74. The summed E-state index contributed by atoms with van der Waals surface area (Å²) in [4.78, 5) is 0. The highest BCUT2D eigenvalue weighted by atomic mass is 28.2. The molecule has 0 radical (unpaired) electrons.